The Balaban J connectivity index is 1.62. The molecule has 1 aromatic heterocycles. The smallest absolute Gasteiger partial charge is 0.338 e. The predicted octanol–water partition coefficient (Wildman–Crippen LogP) is 7.04. The van der Waals surface area contributed by atoms with Crippen LogP contribution < -0.4 is 4.74 Å². The van der Waals surface area contributed by atoms with Gasteiger partial charge in [-0.25, -0.2) is 13.6 Å². The highest BCUT2D eigenvalue weighted by Gasteiger charge is 2.15. The third-order valence-corrected chi connectivity index (χ3v) is 5.81. The number of halogens is 4. The van der Waals surface area contributed by atoms with E-state index in [1.807, 2.05) is 6.07 Å². The minimum atomic E-state index is -1.34. The van der Waals surface area contributed by atoms with E-state index in [1.165, 1.54) is 18.2 Å². The molecule has 3 aromatic carbocycles. The molecule has 1 heterocycles. The highest BCUT2D eigenvalue weighted by Crippen LogP contribution is 2.28. The van der Waals surface area contributed by atoms with Crippen LogP contribution in [0, 0.1) is 11.6 Å². The Morgan fingerprint density at radius 1 is 1.00 bits per heavy atom. The number of ether oxygens (including phenoxy) is 1. The molecule has 0 saturated carbocycles. The van der Waals surface area contributed by atoms with E-state index in [2.05, 4.69) is 15.9 Å². The molecule has 0 radical (unpaired) electrons. The van der Waals surface area contributed by atoms with Crippen LogP contribution >= 0.6 is 27.5 Å². The summed E-state index contributed by atoms with van der Waals surface area (Å²) < 4.78 is 36.3. The van der Waals surface area contributed by atoms with Crippen LogP contribution in [0.25, 0.3) is 5.69 Å². The molecule has 0 bridgehead atoms. The molecule has 0 atom stereocenters. The summed E-state index contributed by atoms with van der Waals surface area (Å²) >= 11 is 9.45. The van der Waals surface area contributed by atoms with Crippen molar-refractivity contribution in [2.45, 2.75) is 13.0 Å². The average Bonchev–Trinajstić information content (AvgIpc) is 3.22. The minimum absolute atomic E-state index is 0.0364. The van der Waals surface area contributed by atoms with Crippen molar-refractivity contribution in [2.75, 3.05) is 0 Å². The predicted molar refractivity (Wildman–Crippen MR) is 125 cm³/mol. The van der Waals surface area contributed by atoms with Gasteiger partial charge in [0.2, 0.25) is 0 Å². The Hall–Kier alpha value is -3.16. The lowest BCUT2D eigenvalue weighted by Gasteiger charge is -2.15. The standard InChI is InChI=1S/C25H17BrClF2NO3/c26-17-4-3-15(23(29)12-17)14-33-24-8-5-18(27)10-16(24)11-19-2-1-9-30(19)20-6-7-22(28)21(13-20)25(31)32/h1-10,12-13H,11,14H2,(H,31,32). The molecule has 0 saturated heterocycles. The molecular weight excluding hydrogens is 516 g/mol. The molecule has 168 valence electrons. The van der Waals surface area contributed by atoms with E-state index in [-0.39, 0.29) is 12.4 Å². The van der Waals surface area contributed by atoms with E-state index >= 15 is 0 Å². The van der Waals surface area contributed by atoms with Crippen molar-refractivity contribution in [1.82, 2.24) is 4.57 Å². The molecule has 0 spiro atoms. The fourth-order valence-corrected chi connectivity index (χ4v) is 3.98. The van der Waals surface area contributed by atoms with Crippen LogP contribution in [0.2, 0.25) is 5.02 Å². The highest BCUT2D eigenvalue weighted by atomic mass is 79.9. The fraction of sp³-hybridized carbons (Fsp3) is 0.0800. The molecule has 1 N–H and O–H groups in total. The van der Waals surface area contributed by atoms with E-state index in [0.29, 0.717) is 32.9 Å². The Morgan fingerprint density at radius 2 is 1.82 bits per heavy atom. The number of carboxylic acids is 1. The summed E-state index contributed by atoms with van der Waals surface area (Å²) in [5.41, 5.74) is 2.08. The molecule has 0 aliphatic rings. The summed E-state index contributed by atoms with van der Waals surface area (Å²) in [6.07, 6.45) is 2.15. The van der Waals surface area contributed by atoms with Crippen LogP contribution in [0.4, 0.5) is 8.78 Å². The lowest BCUT2D eigenvalue weighted by atomic mass is 10.1. The number of hydrogen-bond donors (Lipinski definition) is 1. The van der Waals surface area contributed by atoms with Crippen molar-refractivity contribution in [3.05, 3.63) is 116 Å². The van der Waals surface area contributed by atoms with Gasteiger partial charge in [0.1, 0.15) is 24.0 Å². The number of carboxylic acid groups (broad SMARTS) is 1. The lowest BCUT2D eigenvalue weighted by Crippen LogP contribution is -2.06. The van der Waals surface area contributed by atoms with Gasteiger partial charge in [0.05, 0.1) is 5.56 Å². The average molecular weight is 533 g/mol. The first kappa shape index (κ1) is 23.0. The topological polar surface area (TPSA) is 51.5 Å². The van der Waals surface area contributed by atoms with Crippen LogP contribution in [0.1, 0.15) is 27.2 Å². The van der Waals surface area contributed by atoms with Crippen molar-refractivity contribution in [3.63, 3.8) is 0 Å². The van der Waals surface area contributed by atoms with Crippen molar-refractivity contribution < 1.29 is 23.4 Å². The summed E-state index contributed by atoms with van der Waals surface area (Å²) in [6, 6.07) is 17.5. The van der Waals surface area contributed by atoms with Gasteiger partial charge in [0, 0.05) is 44.6 Å². The molecule has 4 nitrogen and oxygen atoms in total. The maximum Gasteiger partial charge on any atom is 0.338 e. The molecule has 4 rings (SSSR count). The molecule has 0 amide bonds. The first-order chi connectivity index (χ1) is 15.8. The minimum Gasteiger partial charge on any atom is -0.489 e. The first-order valence-electron chi connectivity index (χ1n) is 9.86. The van der Waals surface area contributed by atoms with E-state index in [9.17, 15) is 18.7 Å². The molecule has 0 aliphatic heterocycles. The molecule has 0 unspecified atom stereocenters. The first-order valence-corrected chi connectivity index (χ1v) is 11.0. The Labute approximate surface area is 202 Å². The van der Waals surface area contributed by atoms with Gasteiger partial charge in [-0.2, -0.15) is 0 Å². The number of benzene rings is 3. The van der Waals surface area contributed by atoms with Gasteiger partial charge in [0.25, 0.3) is 0 Å². The van der Waals surface area contributed by atoms with Gasteiger partial charge in [-0.3, -0.25) is 0 Å². The van der Waals surface area contributed by atoms with Crippen molar-refractivity contribution in [1.29, 1.82) is 0 Å². The number of aromatic carboxylic acids is 1. The largest absolute Gasteiger partial charge is 0.489 e. The van der Waals surface area contributed by atoms with Gasteiger partial charge < -0.3 is 14.4 Å². The molecule has 33 heavy (non-hydrogen) atoms. The van der Waals surface area contributed by atoms with Gasteiger partial charge in [0.15, 0.2) is 0 Å². The maximum absolute atomic E-state index is 14.2. The number of carbonyl (C=O) groups is 1. The van der Waals surface area contributed by atoms with Gasteiger partial charge >= 0.3 is 5.97 Å². The molecule has 0 aliphatic carbocycles. The zero-order valence-electron chi connectivity index (χ0n) is 17.1. The number of hydrogen-bond acceptors (Lipinski definition) is 2. The number of nitrogens with zero attached hydrogens (tertiary/aromatic N) is 1. The maximum atomic E-state index is 14.2. The third kappa shape index (κ3) is 5.26. The van der Waals surface area contributed by atoms with Crippen LogP contribution in [0.15, 0.2) is 77.4 Å². The molecule has 8 heteroatoms. The Kier molecular flexibility index (Phi) is 6.81. The zero-order valence-corrected chi connectivity index (χ0v) is 19.4. The van der Waals surface area contributed by atoms with Gasteiger partial charge in [-0.05, 0) is 60.7 Å². The Bertz CT molecular complexity index is 1340. The third-order valence-electron chi connectivity index (χ3n) is 5.08. The van der Waals surface area contributed by atoms with Crippen LogP contribution in [0.3, 0.4) is 0 Å². The highest BCUT2D eigenvalue weighted by molar-refractivity contribution is 9.10. The molecule has 4 aromatic rings. The van der Waals surface area contributed by atoms with Crippen LogP contribution in [-0.4, -0.2) is 15.6 Å². The Morgan fingerprint density at radius 3 is 2.58 bits per heavy atom. The quantitative estimate of drug-likeness (QED) is 0.278. The SMILES string of the molecule is O=C(O)c1cc(-n2cccc2Cc2cc(Cl)ccc2OCc2ccc(Br)cc2F)ccc1F. The molecule has 0 fully saturated rings. The second-order valence-electron chi connectivity index (χ2n) is 7.29. The van der Waals surface area contributed by atoms with E-state index in [4.69, 9.17) is 16.3 Å². The van der Waals surface area contributed by atoms with Gasteiger partial charge in [-0.15, -0.1) is 0 Å². The fourth-order valence-electron chi connectivity index (χ4n) is 3.46. The van der Waals surface area contributed by atoms with Crippen LogP contribution in [-0.2, 0) is 13.0 Å². The summed E-state index contributed by atoms with van der Waals surface area (Å²) in [4.78, 5) is 11.3. The zero-order chi connectivity index (χ0) is 23.5. The second-order valence-corrected chi connectivity index (χ2v) is 8.64. The summed E-state index contributed by atoms with van der Waals surface area (Å²) in [7, 11) is 0. The monoisotopic (exact) mass is 531 g/mol. The normalized spacial score (nSPS) is 10.9. The van der Waals surface area contributed by atoms with Crippen molar-refractivity contribution in [3.8, 4) is 11.4 Å². The van der Waals surface area contributed by atoms with Gasteiger partial charge in [-0.1, -0.05) is 33.6 Å². The number of rotatable bonds is 7. The van der Waals surface area contributed by atoms with Crippen LogP contribution in [0.5, 0.6) is 5.75 Å². The lowest BCUT2D eigenvalue weighted by molar-refractivity contribution is 0.0692. The summed E-state index contributed by atoms with van der Waals surface area (Å²) in [5.74, 6) is -1.97. The summed E-state index contributed by atoms with van der Waals surface area (Å²) in [5, 5.41) is 9.75. The van der Waals surface area contributed by atoms with E-state index in [0.717, 1.165) is 17.3 Å². The van der Waals surface area contributed by atoms with Crippen molar-refractivity contribution >= 4 is 33.5 Å². The second kappa shape index (κ2) is 9.77. The van der Waals surface area contributed by atoms with E-state index in [1.54, 1.807) is 47.2 Å². The molecular formula is C25H17BrClF2NO3. The van der Waals surface area contributed by atoms with E-state index < -0.39 is 17.3 Å². The van der Waals surface area contributed by atoms with Crippen molar-refractivity contribution in [2.24, 2.45) is 0 Å². The summed E-state index contributed by atoms with van der Waals surface area (Å²) in [6.45, 7) is 0.0364. The number of aromatic nitrogens is 1.